The van der Waals surface area contributed by atoms with Crippen molar-refractivity contribution < 1.29 is 68.2 Å². The minimum absolute atomic E-state index is 0.0210. The van der Waals surface area contributed by atoms with Gasteiger partial charge in [-0.25, -0.2) is 9.59 Å². The van der Waals surface area contributed by atoms with Crippen LogP contribution in [0.25, 0.3) is 0 Å². The highest BCUT2D eigenvalue weighted by Gasteiger charge is 2.53. The van der Waals surface area contributed by atoms with E-state index in [1.54, 1.807) is 66.0 Å². The third kappa shape index (κ3) is 15.0. The number of carbonyl (C=O) groups excluding carboxylic acids is 6. The van der Waals surface area contributed by atoms with E-state index in [4.69, 9.17) is 18.9 Å². The number of rotatable bonds is 6. The number of hydrogen-bond donors (Lipinski definition) is 4. The van der Waals surface area contributed by atoms with Crippen molar-refractivity contribution in [1.29, 1.82) is 0 Å². The highest BCUT2D eigenvalue weighted by atomic mass is 16.6. The second-order valence-corrected chi connectivity index (χ2v) is 20.9. The van der Waals surface area contributed by atoms with E-state index in [0.717, 1.165) is 4.90 Å². The molecule has 4 aliphatic rings. The Morgan fingerprint density at radius 1 is 0.900 bits per heavy atom. The van der Waals surface area contributed by atoms with E-state index in [0.29, 0.717) is 67.6 Å². The molecular formula is C53H83N3O14. The molecule has 394 valence electrons. The number of fused-ring (bicyclic) bond motifs is 3. The number of esters is 1. The number of amides is 3. The second-order valence-electron chi connectivity index (χ2n) is 20.9. The van der Waals surface area contributed by atoms with E-state index in [2.05, 4.69) is 0 Å². The van der Waals surface area contributed by atoms with Gasteiger partial charge in [0.25, 0.3) is 11.7 Å². The number of ether oxygens (including phenoxy) is 4. The van der Waals surface area contributed by atoms with Crippen molar-refractivity contribution in [1.82, 2.24) is 14.9 Å². The molecule has 0 spiro atoms. The van der Waals surface area contributed by atoms with Crippen LogP contribution in [0, 0.1) is 35.5 Å². The fourth-order valence-electron chi connectivity index (χ4n) is 10.5. The summed E-state index contributed by atoms with van der Waals surface area (Å²) in [7, 11) is 5.88. The lowest BCUT2D eigenvalue weighted by Gasteiger charge is -2.43. The number of urea groups is 1. The van der Waals surface area contributed by atoms with Crippen LogP contribution in [0.5, 0.6) is 0 Å². The molecule has 3 amide bonds. The molecule has 2 saturated heterocycles. The zero-order chi connectivity index (χ0) is 52.2. The summed E-state index contributed by atoms with van der Waals surface area (Å²) >= 11 is 0. The molecule has 1 aliphatic carbocycles. The molecule has 0 aromatic carbocycles. The van der Waals surface area contributed by atoms with Crippen molar-refractivity contribution in [3.05, 3.63) is 47.6 Å². The Hall–Kier alpha value is -4.10. The first-order valence-electron chi connectivity index (χ1n) is 25.3. The highest BCUT2D eigenvalue weighted by Crippen LogP contribution is 2.38. The first-order valence-corrected chi connectivity index (χ1v) is 25.3. The van der Waals surface area contributed by atoms with Crippen LogP contribution in [0.2, 0.25) is 0 Å². The quantitative estimate of drug-likeness (QED) is 0.0798. The zero-order valence-corrected chi connectivity index (χ0v) is 43.5. The topological polar surface area (TPSA) is 230 Å². The lowest BCUT2D eigenvalue weighted by Crippen LogP contribution is -2.61. The fourth-order valence-corrected chi connectivity index (χ4v) is 10.5. The molecule has 17 heteroatoms. The van der Waals surface area contributed by atoms with Gasteiger partial charge in [-0.05, 0) is 107 Å². The Morgan fingerprint density at radius 2 is 1.60 bits per heavy atom. The van der Waals surface area contributed by atoms with E-state index in [1.165, 1.54) is 26.1 Å². The van der Waals surface area contributed by atoms with Crippen molar-refractivity contribution in [3.8, 4) is 0 Å². The second kappa shape index (κ2) is 26.6. The molecule has 1 saturated carbocycles. The summed E-state index contributed by atoms with van der Waals surface area (Å²) in [5, 5.41) is 45.9. The van der Waals surface area contributed by atoms with Gasteiger partial charge in [-0.2, -0.15) is 5.06 Å². The van der Waals surface area contributed by atoms with Crippen LogP contribution in [0.3, 0.4) is 0 Å². The number of piperidine rings is 1. The first kappa shape index (κ1) is 58.5. The maximum Gasteiger partial charge on any atom is 0.343 e. The van der Waals surface area contributed by atoms with Gasteiger partial charge < -0.3 is 44.1 Å². The Morgan fingerprint density at radius 3 is 2.26 bits per heavy atom. The van der Waals surface area contributed by atoms with Crippen LogP contribution in [-0.4, -0.2) is 160 Å². The monoisotopic (exact) mass is 986 g/mol. The van der Waals surface area contributed by atoms with Crippen molar-refractivity contribution in [2.45, 2.75) is 180 Å². The maximum atomic E-state index is 14.4. The summed E-state index contributed by atoms with van der Waals surface area (Å²) in [6.45, 7) is 12.3. The molecule has 17 nitrogen and oxygen atoms in total. The SMILES string of the molecule is CO[C@@H]1C[C@H](C[C@@H](C)[C@@H]2CC(=O)[C@H](C)/C=C(\C)[C@@H](O)[C@@H](OC)C(=O)[C@H](C)C[C@H](C)/C=C/C=C/C=C(\C)[C@H](N(O)C(=O)N(C)C)C[C@@H]3CC[C@@H](C)[C@@](O)(O3)C(=O)C(=O)N3CCCC[C@H]3C(=O)O2)CC[C@H]1O. The number of aliphatic hydroxyl groups excluding tert-OH is 2. The average Bonchev–Trinajstić information content (AvgIpc) is 3.32. The van der Waals surface area contributed by atoms with Crippen LogP contribution in [-0.2, 0) is 42.9 Å². The summed E-state index contributed by atoms with van der Waals surface area (Å²) in [5.41, 5.74) is 0.907. The lowest BCUT2D eigenvalue weighted by atomic mass is 9.78. The first-order chi connectivity index (χ1) is 32.9. The Labute approximate surface area is 415 Å². The van der Waals surface area contributed by atoms with Crippen LogP contribution < -0.4 is 0 Å². The minimum atomic E-state index is -2.60. The molecule has 70 heavy (non-hydrogen) atoms. The molecular weight excluding hydrogens is 903 g/mol. The van der Waals surface area contributed by atoms with Gasteiger partial charge in [0.1, 0.15) is 30.1 Å². The molecule has 2 bridgehead atoms. The Kier molecular flexibility index (Phi) is 22.2. The number of nitrogens with zero attached hydrogens (tertiary/aromatic N) is 3. The number of allylic oxidation sites excluding steroid dienone is 6. The van der Waals surface area contributed by atoms with Crippen molar-refractivity contribution >= 4 is 35.3 Å². The predicted molar refractivity (Wildman–Crippen MR) is 261 cm³/mol. The van der Waals surface area contributed by atoms with Gasteiger partial charge in [0.2, 0.25) is 5.79 Å². The average molecular weight is 986 g/mol. The van der Waals surface area contributed by atoms with Gasteiger partial charge in [0, 0.05) is 65.5 Å². The molecule has 0 aromatic heterocycles. The molecule has 0 radical (unpaired) electrons. The van der Waals surface area contributed by atoms with E-state index in [9.17, 15) is 49.3 Å². The molecule has 0 aromatic rings. The third-order valence-corrected chi connectivity index (χ3v) is 15.1. The van der Waals surface area contributed by atoms with E-state index in [1.807, 2.05) is 26.0 Å². The summed E-state index contributed by atoms with van der Waals surface area (Å²) in [6, 6.07) is -2.90. The molecule has 3 fully saturated rings. The van der Waals surface area contributed by atoms with Crippen LogP contribution >= 0.6 is 0 Å². The van der Waals surface area contributed by atoms with Crippen molar-refractivity contribution in [2.75, 3.05) is 34.9 Å². The number of carbonyl (C=O) groups is 6. The van der Waals surface area contributed by atoms with Gasteiger partial charge >= 0.3 is 12.0 Å². The predicted octanol–water partition coefficient (Wildman–Crippen LogP) is 5.91. The molecule has 4 N–H and O–H groups in total. The fraction of sp³-hybridized carbons (Fsp3) is 0.736. The van der Waals surface area contributed by atoms with Crippen molar-refractivity contribution in [2.24, 2.45) is 35.5 Å². The number of cyclic esters (lactones) is 1. The standard InChI is InChI=1S/C53H83N3O14/c1-31-17-13-12-14-18-32(2)41(56(66)52(64)54(8)9)29-39-22-20-37(7)53(65,70-39)49(61)50(62)55-24-16-15-19-40(55)51(63)69-44(34(4)27-38-21-23-42(57)45(28-38)67-10)30-43(58)33(3)26-36(6)47(60)48(68-11)46(59)35(5)25-31/h12-14,17-18,26,31,33-35,37-42,44-45,47-48,57,60,65-66H,15-16,19-25,27-30H2,1-11H3/b14-12+,17-13+,32-18+,36-26+/t31-,33-,34-,35-,37-,38+,39+,40+,41-,42-,44+,45-,47-,48+,53-/m1/s1. The Bertz CT molecular complexity index is 1950. The Balaban J connectivity index is 1.75. The largest absolute Gasteiger partial charge is 0.460 e. The number of hydrogen-bond acceptors (Lipinski definition) is 14. The summed E-state index contributed by atoms with van der Waals surface area (Å²) in [5.74, 6) is -8.84. The third-order valence-electron chi connectivity index (χ3n) is 15.1. The molecule has 15 atom stereocenters. The zero-order valence-electron chi connectivity index (χ0n) is 43.5. The number of ketones is 3. The normalized spacial score (nSPS) is 38.2. The maximum absolute atomic E-state index is 14.4. The van der Waals surface area contributed by atoms with Gasteiger partial charge in [-0.15, -0.1) is 0 Å². The van der Waals surface area contributed by atoms with Crippen molar-refractivity contribution in [3.63, 3.8) is 0 Å². The number of hydroxylamine groups is 2. The number of aliphatic hydroxyl groups is 3. The number of Topliss-reactive ketones (excluding diaryl/α,β-unsaturated/α-hetero) is 3. The van der Waals surface area contributed by atoms with Crippen LogP contribution in [0.4, 0.5) is 4.79 Å². The van der Waals surface area contributed by atoms with Gasteiger partial charge in [0.05, 0.1) is 24.4 Å². The lowest BCUT2D eigenvalue weighted by molar-refractivity contribution is -0.266. The molecule has 4 rings (SSSR count). The van der Waals surface area contributed by atoms with E-state index < -0.39 is 89.8 Å². The van der Waals surface area contributed by atoms with Gasteiger partial charge in [-0.1, -0.05) is 71.1 Å². The number of methoxy groups -OCH3 is 2. The van der Waals surface area contributed by atoms with E-state index in [-0.39, 0.29) is 67.7 Å². The molecule has 3 aliphatic heterocycles. The van der Waals surface area contributed by atoms with E-state index >= 15 is 0 Å². The summed E-state index contributed by atoms with van der Waals surface area (Å²) in [4.78, 5) is 86.6. The van der Waals surface area contributed by atoms with Crippen LogP contribution in [0.1, 0.15) is 126 Å². The van der Waals surface area contributed by atoms with Gasteiger partial charge in [0.15, 0.2) is 5.78 Å². The summed E-state index contributed by atoms with van der Waals surface area (Å²) < 4.78 is 23.5. The molecule has 0 unspecified atom stereocenters. The minimum Gasteiger partial charge on any atom is -0.460 e. The smallest absolute Gasteiger partial charge is 0.343 e. The van der Waals surface area contributed by atoms with Gasteiger partial charge in [-0.3, -0.25) is 24.4 Å². The summed E-state index contributed by atoms with van der Waals surface area (Å²) in [6.07, 6.45) is 9.42. The van der Waals surface area contributed by atoms with Crippen LogP contribution in [0.15, 0.2) is 47.6 Å². The highest BCUT2D eigenvalue weighted by molar-refractivity contribution is 6.39. The molecule has 3 heterocycles.